The zero-order valence-electron chi connectivity index (χ0n) is 13.4. The fraction of sp³-hybridized carbons (Fsp3) is 0.733. The quantitative estimate of drug-likeness (QED) is 0.758. The van der Waals surface area contributed by atoms with E-state index in [2.05, 4.69) is 10.4 Å². The zero-order chi connectivity index (χ0) is 16.4. The first kappa shape index (κ1) is 16.4. The van der Waals surface area contributed by atoms with Gasteiger partial charge < -0.3 is 10.2 Å². The van der Waals surface area contributed by atoms with E-state index in [1.54, 1.807) is 6.20 Å². The molecule has 2 heterocycles. The zero-order valence-corrected chi connectivity index (χ0v) is 14.2. The lowest BCUT2D eigenvalue weighted by molar-refractivity contribution is -0.132. The van der Waals surface area contributed by atoms with Crippen molar-refractivity contribution in [1.82, 2.24) is 20.0 Å². The topological polar surface area (TPSA) is 84.3 Å². The highest BCUT2D eigenvalue weighted by molar-refractivity contribution is 7.91. The van der Waals surface area contributed by atoms with Gasteiger partial charge in [0.1, 0.15) is 0 Å². The molecule has 8 heteroatoms. The number of nitrogens with zero attached hydrogens (tertiary/aromatic N) is 3. The molecule has 0 radical (unpaired) electrons. The van der Waals surface area contributed by atoms with E-state index in [9.17, 15) is 13.2 Å². The Morgan fingerprint density at radius 3 is 2.74 bits per heavy atom. The number of sulfone groups is 1. The van der Waals surface area contributed by atoms with Gasteiger partial charge in [-0.1, -0.05) is 0 Å². The van der Waals surface area contributed by atoms with Crippen molar-refractivity contribution >= 4 is 15.7 Å². The summed E-state index contributed by atoms with van der Waals surface area (Å²) in [6, 6.07) is 2.09. The molecule has 0 unspecified atom stereocenters. The van der Waals surface area contributed by atoms with E-state index in [1.165, 1.54) is 0 Å². The Morgan fingerprint density at radius 2 is 2.17 bits per heavy atom. The normalized spacial score (nSPS) is 24.5. The van der Waals surface area contributed by atoms with E-state index in [4.69, 9.17) is 0 Å². The minimum absolute atomic E-state index is 0.0157. The van der Waals surface area contributed by atoms with Crippen molar-refractivity contribution in [3.05, 3.63) is 18.5 Å². The van der Waals surface area contributed by atoms with Crippen molar-refractivity contribution in [2.24, 2.45) is 0 Å². The van der Waals surface area contributed by atoms with Crippen LogP contribution in [-0.4, -0.2) is 65.2 Å². The first-order valence-corrected chi connectivity index (χ1v) is 9.99. The third kappa shape index (κ3) is 4.32. The van der Waals surface area contributed by atoms with E-state index < -0.39 is 9.84 Å². The molecule has 1 saturated carbocycles. The number of hydrogen-bond donors (Lipinski definition) is 1. The average molecular weight is 340 g/mol. The van der Waals surface area contributed by atoms with Crippen molar-refractivity contribution in [3.63, 3.8) is 0 Å². The van der Waals surface area contributed by atoms with E-state index in [1.807, 2.05) is 28.8 Å². The number of amides is 1. The van der Waals surface area contributed by atoms with Crippen LogP contribution in [0, 0.1) is 0 Å². The molecule has 1 aromatic rings. The number of nitrogens with one attached hydrogen (secondary N) is 1. The summed E-state index contributed by atoms with van der Waals surface area (Å²) in [6.45, 7) is 2.95. The maximum absolute atomic E-state index is 12.6. The van der Waals surface area contributed by atoms with Gasteiger partial charge in [-0.05, 0) is 32.3 Å². The molecule has 0 spiro atoms. The number of hydrogen-bond acceptors (Lipinski definition) is 5. The number of carbonyl (C=O) groups excluding carboxylic acids is 1. The molecule has 0 bridgehead atoms. The second-order valence-corrected chi connectivity index (χ2v) is 8.83. The molecule has 1 N–H and O–H groups in total. The highest BCUT2D eigenvalue weighted by atomic mass is 32.2. The monoisotopic (exact) mass is 340 g/mol. The Hall–Kier alpha value is -1.41. The van der Waals surface area contributed by atoms with Crippen LogP contribution in [0.3, 0.4) is 0 Å². The predicted octanol–water partition coefficient (Wildman–Crippen LogP) is 0.0393. The van der Waals surface area contributed by atoms with E-state index >= 15 is 0 Å². The fourth-order valence-corrected chi connectivity index (χ4v) is 4.87. The molecule has 1 saturated heterocycles. The highest BCUT2D eigenvalue weighted by Crippen LogP contribution is 2.32. The molecule has 128 valence electrons. The molecular formula is C15H24N4O3S. The SMILES string of the molecule is C[C@H](Cn1cccn1)NCC(=O)N(C1CC1)[C@@H]1CCS(=O)(=O)C1. The van der Waals surface area contributed by atoms with Gasteiger partial charge in [-0.25, -0.2) is 8.42 Å². The fourth-order valence-electron chi connectivity index (χ4n) is 3.16. The third-order valence-corrected chi connectivity index (χ3v) is 6.20. The van der Waals surface area contributed by atoms with Crippen LogP contribution < -0.4 is 5.32 Å². The molecule has 2 atom stereocenters. The molecule has 3 rings (SSSR count). The minimum atomic E-state index is -2.97. The van der Waals surface area contributed by atoms with E-state index in [0.717, 1.165) is 12.8 Å². The standard InChI is InChI=1S/C15H24N4O3S/c1-12(10-18-7-2-6-17-18)16-9-15(20)19(13-3-4-13)14-5-8-23(21,22)11-14/h2,6-7,12-14,16H,3-5,8-11H2,1H3/t12-,14-/m1/s1. The summed E-state index contributed by atoms with van der Waals surface area (Å²) in [7, 11) is -2.97. The summed E-state index contributed by atoms with van der Waals surface area (Å²) in [5.41, 5.74) is 0. The number of rotatable bonds is 7. The van der Waals surface area contributed by atoms with Crippen molar-refractivity contribution in [3.8, 4) is 0 Å². The number of aromatic nitrogens is 2. The average Bonchev–Trinajstić information content (AvgIpc) is 3.06. The third-order valence-electron chi connectivity index (χ3n) is 4.45. The van der Waals surface area contributed by atoms with Gasteiger partial charge in [0.25, 0.3) is 0 Å². The van der Waals surface area contributed by atoms with Gasteiger partial charge in [0.05, 0.1) is 24.6 Å². The lowest BCUT2D eigenvalue weighted by Crippen LogP contribution is -2.48. The molecular weight excluding hydrogens is 316 g/mol. The van der Waals surface area contributed by atoms with Crippen molar-refractivity contribution in [1.29, 1.82) is 0 Å². The maximum atomic E-state index is 12.6. The summed E-state index contributed by atoms with van der Waals surface area (Å²) in [5, 5.41) is 7.38. The number of carbonyl (C=O) groups is 1. The van der Waals surface area contributed by atoms with Crippen LogP contribution in [0.2, 0.25) is 0 Å². The second-order valence-electron chi connectivity index (χ2n) is 6.60. The second kappa shape index (κ2) is 6.60. The maximum Gasteiger partial charge on any atom is 0.237 e. The molecule has 23 heavy (non-hydrogen) atoms. The van der Waals surface area contributed by atoms with Crippen LogP contribution >= 0.6 is 0 Å². The Bertz CT molecular complexity index is 640. The van der Waals surface area contributed by atoms with Gasteiger partial charge in [-0.15, -0.1) is 0 Å². The first-order valence-electron chi connectivity index (χ1n) is 8.17. The van der Waals surface area contributed by atoms with Crippen LogP contribution in [0.1, 0.15) is 26.2 Å². The van der Waals surface area contributed by atoms with Crippen molar-refractivity contribution in [2.75, 3.05) is 18.1 Å². The van der Waals surface area contributed by atoms with Crippen LogP contribution in [-0.2, 0) is 21.2 Å². The van der Waals surface area contributed by atoms with Crippen molar-refractivity contribution in [2.45, 2.75) is 50.9 Å². The van der Waals surface area contributed by atoms with Crippen molar-refractivity contribution < 1.29 is 13.2 Å². The summed E-state index contributed by atoms with van der Waals surface area (Å²) >= 11 is 0. The lowest BCUT2D eigenvalue weighted by atomic mass is 10.2. The van der Waals surface area contributed by atoms with Gasteiger partial charge in [0, 0.05) is 30.5 Å². The van der Waals surface area contributed by atoms with Gasteiger partial charge in [0.2, 0.25) is 5.91 Å². The summed E-state index contributed by atoms with van der Waals surface area (Å²) in [6.07, 6.45) is 6.18. The van der Waals surface area contributed by atoms with Gasteiger partial charge in [0.15, 0.2) is 9.84 Å². The minimum Gasteiger partial charge on any atom is -0.335 e. The first-order chi connectivity index (χ1) is 10.9. The van der Waals surface area contributed by atoms with Gasteiger partial charge in [-0.2, -0.15) is 5.10 Å². The highest BCUT2D eigenvalue weighted by Gasteiger charge is 2.41. The lowest BCUT2D eigenvalue weighted by Gasteiger charge is -2.29. The van der Waals surface area contributed by atoms with Crippen LogP contribution in [0.4, 0.5) is 0 Å². The molecule has 1 amide bonds. The molecule has 1 aliphatic heterocycles. The Morgan fingerprint density at radius 1 is 1.39 bits per heavy atom. The predicted molar refractivity (Wildman–Crippen MR) is 86.6 cm³/mol. The van der Waals surface area contributed by atoms with Gasteiger partial charge in [-0.3, -0.25) is 9.48 Å². The largest absolute Gasteiger partial charge is 0.335 e. The molecule has 2 aliphatic rings. The van der Waals surface area contributed by atoms with Gasteiger partial charge >= 0.3 is 0 Å². The molecule has 1 aromatic heterocycles. The smallest absolute Gasteiger partial charge is 0.237 e. The Kier molecular flexibility index (Phi) is 4.72. The summed E-state index contributed by atoms with van der Waals surface area (Å²) in [5.74, 6) is 0.344. The Labute approximate surface area is 137 Å². The molecule has 2 fully saturated rings. The summed E-state index contributed by atoms with van der Waals surface area (Å²) < 4.78 is 25.2. The molecule has 1 aliphatic carbocycles. The molecule has 7 nitrogen and oxygen atoms in total. The van der Waals surface area contributed by atoms with Crippen LogP contribution in [0.5, 0.6) is 0 Å². The van der Waals surface area contributed by atoms with E-state index in [-0.39, 0.29) is 42.1 Å². The Balaban J connectivity index is 1.53. The van der Waals surface area contributed by atoms with E-state index in [0.29, 0.717) is 13.0 Å². The summed E-state index contributed by atoms with van der Waals surface area (Å²) in [4.78, 5) is 14.4. The van der Waals surface area contributed by atoms with Crippen LogP contribution in [0.25, 0.3) is 0 Å². The van der Waals surface area contributed by atoms with Crippen LogP contribution in [0.15, 0.2) is 18.5 Å². The molecule has 0 aromatic carbocycles.